The molecule has 2 aromatic carbocycles. The topological polar surface area (TPSA) is 49.4 Å². The summed E-state index contributed by atoms with van der Waals surface area (Å²) in [5.41, 5.74) is 1.66. The molecule has 0 saturated heterocycles. The fourth-order valence-electron chi connectivity index (χ4n) is 3.15. The maximum absolute atomic E-state index is 13.2. The summed E-state index contributed by atoms with van der Waals surface area (Å²) in [4.78, 5) is 28.0. The van der Waals surface area contributed by atoms with Crippen molar-refractivity contribution in [2.24, 2.45) is 0 Å². The van der Waals surface area contributed by atoms with E-state index < -0.39 is 6.04 Å². The molecule has 0 bridgehead atoms. The van der Waals surface area contributed by atoms with Gasteiger partial charge >= 0.3 is 0 Å². The third kappa shape index (κ3) is 7.65. The van der Waals surface area contributed by atoms with Gasteiger partial charge in [0, 0.05) is 29.4 Å². The number of amides is 2. The molecule has 156 valence electrons. The van der Waals surface area contributed by atoms with E-state index in [-0.39, 0.29) is 17.4 Å². The number of benzene rings is 2. The molecule has 0 aromatic heterocycles. The maximum Gasteiger partial charge on any atom is 0.243 e. The van der Waals surface area contributed by atoms with E-state index in [1.54, 1.807) is 4.90 Å². The average Bonchev–Trinajstić information content (AvgIpc) is 2.65. The molecular weight excluding hydrogens is 428 g/mol. The quantitative estimate of drug-likeness (QED) is 0.597. The minimum atomic E-state index is -0.570. The third-order valence-electron chi connectivity index (χ3n) is 4.50. The van der Waals surface area contributed by atoms with Crippen molar-refractivity contribution in [2.75, 3.05) is 0 Å². The second-order valence-electron chi connectivity index (χ2n) is 8.34. The van der Waals surface area contributed by atoms with Crippen molar-refractivity contribution in [1.29, 1.82) is 0 Å². The van der Waals surface area contributed by atoms with Crippen LogP contribution in [0.3, 0.4) is 0 Å². The molecule has 0 heterocycles. The van der Waals surface area contributed by atoms with E-state index in [4.69, 9.17) is 0 Å². The fourth-order valence-corrected chi connectivity index (χ4v) is 3.42. The van der Waals surface area contributed by atoms with Crippen molar-refractivity contribution in [3.63, 3.8) is 0 Å². The van der Waals surface area contributed by atoms with Gasteiger partial charge in [-0.1, -0.05) is 65.3 Å². The second-order valence-corrected chi connectivity index (χ2v) is 9.26. The van der Waals surface area contributed by atoms with Crippen LogP contribution in [0.4, 0.5) is 0 Å². The molecular formula is C24H31BrN2O2. The highest BCUT2D eigenvalue weighted by molar-refractivity contribution is 9.10. The van der Waals surface area contributed by atoms with Gasteiger partial charge in [0.1, 0.15) is 6.04 Å². The molecule has 1 atom stereocenters. The Labute approximate surface area is 182 Å². The van der Waals surface area contributed by atoms with E-state index in [0.717, 1.165) is 22.0 Å². The molecule has 2 rings (SSSR count). The molecule has 1 N–H and O–H groups in total. The Morgan fingerprint density at radius 2 is 1.62 bits per heavy atom. The lowest BCUT2D eigenvalue weighted by Crippen LogP contribution is -2.54. The van der Waals surface area contributed by atoms with Gasteiger partial charge in [0.25, 0.3) is 0 Å². The number of halogens is 1. The van der Waals surface area contributed by atoms with Crippen LogP contribution in [0.25, 0.3) is 0 Å². The third-order valence-corrected chi connectivity index (χ3v) is 5.03. The van der Waals surface area contributed by atoms with Crippen LogP contribution in [-0.4, -0.2) is 28.3 Å². The molecule has 4 nitrogen and oxygen atoms in total. The van der Waals surface area contributed by atoms with Gasteiger partial charge in [-0.25, -0.2) is 0 Å². The molecule has 0 unspecified atom stereocenters. The standard InChI is InChI=1S/C24H31BrN2O2/c1-5-9-22(28)27(17-19-12-14-20(25)15-13-19)21(23(29)26-24(2,3)4)16-18-10-7-6-8-11-18/h6-8,10-15,21H,5,9,16-17H2,1-4H3,(H,26,29)/t21-/m1/s1. The van der Waals surface area contributed by atoms with Crippen LogP contribution in [-0.2, 0) is 22.6 Å². The summed E-state index contributed by atoms with van der Waals surface area (Å²) in [7, 11) is 0. The number of carbonyl (C=O) groups excluding carboxylic acids is 2. The number of rotatable bonds is 8. The van der Waals surface area contributed by atoms with Crippen molar-refractivity contribution in [3.05, 3.63) is 70.2 Å². The van der Waals surface area contributed by atoms with Crippen molar-refractivity contribution in [1.82, 2.24) is 10.2 Å². The van der Waals surface area contributed by atoms with Gasteiger partial charge in [0.2, 0.25) is 11.8 Å². The van der Waals surface area contributed by atoms with Gasteiger partial charge in [0.05, 0.1) is 0 Å². The van der Waals surface area contributed by atoms with E-state index in [2.05, 4.69) is 21.2 Å². The average molecular weight is 459 g/mol. The summed E-state index contributed by atoms with van der Waals surface area (Å²) >= 11 is 3.45. The lowest BCUT2D eigenvalue weighted by atomic mass is 10.0. The molecule has 0 fully saturated rings. The van der Waals surface area contributed by atoms with E-state index >= 15 is 0 Å². The van der Waals surface area contributed by atoms with Gasteiger partial charge in [-0.2, -0.15) is 0 Å². The lowest BCUT2D eigenvalue weighted by molar-refractivity contribution is -0.142. The van der Waals surface area contributed by atoms with Crippen molar-refractivity contribution in [2.45, 2.75) is 65.1 Å². The van der Waals surface area contributed by atoms with E-state index in [9.17, 15) is 9.59 Å². The Morgan fingerprint density at radius 1 is 1.00 bits per heavy atom. The first-order valence-electron chi connectivity index (χ1n) is 10.1. The number of nitrogens with zero attached hydrogens (tertiary/aromatic N) is 1. The van der Waals surface area contributed by atoms with Crippen molar-refractivity contribution in [3.8, 4) is 0 Å². The van der Waals surface area contributed by atoms with Gasteiger partial charge in [-0.15, -0.1) is 0 Å². The molecule has 29 heavy (non-hydrogen) atoms. The SMILES string of the molecule is CCCC(=O)N(Cc1ccc(Br)cc1)[C@H](Cc1ccccc1)C(=O)NC(C)(C)C. The summed E-state index contributed by atoms with van der Waals surface area (Å²) in [5.74, 6) is -0.122. The normalized spacial score (nSPS) is 12.3. The summed E-state index contributed by atoms with van der Waals surface area (Å²) in [6.45, 7) is 8.25. The van der Waals surface area contributed by atoms with Crippen molar-refractivity contribution < 1.29 is 9.59 Å². The maximum atomic E-state index is 13.2. The molecule has 0 saturated carbocycles. The van der Waals surface area contributed by atoms with Crippen LogP contribution in [0, 0.1) is 0 Å². The van der Waals surface area contributed by atoms with Crippen LogP contribution in [0.1, 0.15) is 51.7 Å². The summed E-state index contributed by atoms with van der Waals surface area (Å²) < 4.78 is 0.985. The predicted molar refractivity (Wildman–Crippen MR) is 121 cm³/mol. The van der Waals surface area contributed by atoms with Crippen LogP contribution >= 0.6 is 15.9 Å². The molecule has 2 amide bonds. The molecule has 0 aliphatic rings. The fraction of sp³-hybridized carbons (Fsp3) is 0.417. The highest BCUT2D eigenvalue weighted by Gasteiger charge is 2.31. The summed E-state index contributed by atoms with van der Waals surface area (Å²) in [5, 5.41) is 3.07. The molecule has 0 aliphatic carbocycles. The Balaban J connectivity index is 2.38. The van der Waals surface area contributed by atoms with E-state index in [0.29, 0.717) is 19.4 Å². The molecule has 0 spiro atoms. The summed E-state index contributed by atoms with van der Waals surface area (Å²) in [6, 6.07) is 17.2. The van der Waals surface area contributed by atoms with Gasteiger partial charge in [0.15, 0.2) is 0 Å². The monoisotopic (exact) mass is 458 g/mol. The molecule has 2 aromatic rings. The number of nitrogens with one attached hydrogen (secondary N) is 1. The minimum absolute atomic E-state index is 0.000379. The Hall–Kier alpha value is -2.14. The van der Waals surface area contributed by atoms with Gasteiger partial charge in [-0.3, -0.25) is 9.59 Å². The predicted octanol–water partition coefficient (Wildman–Crippen LogP) is 5.10. The van der Waals surface area contributed by atoms with Crippen molar-refractivity contribution >= 4 is 27.7 Å². The van der Waals surface area contributed by atoms with Crippen LogP contribution in [0.5, 0.6) is 0 Å². The zero-order chi connectivity index (χ0) is 21.4. The Bertz CT molecular complexity index is 798. The smallest absolute Gasteiger partial charge is 0.243 e. The minimum Gasteiger partial charge on any atom is -0.350 e. The van der Waals surface area contributed by atoms with Gasteiger partial charge in [-0.05, 0) is 50.5 Å². The molecule has 0 aliphatic heterocycles. The Kier molecular flexibility index (Phi) is 8.45. The van der Waals surface area contributed by atoms with E-state index in [1.807, 2.05) is 82.3 Å². The number of hydrogen-bond donors (Lipinski definition) is 1. The first kappa shape index (κ1) is 23.1. The van der Waals surface area contributed by atoms with Crippen LogP contribution in [0.2, 0.25) is 0 Å². The zero-order valence-electron chi connectivity index (χ0n) is 17.7. The highest BCUT2D eigenvalue weighted by Crippen LogP contribution is 2.18. The Morgan fingerprint density at radius 3 is 2.17 bits per heavy atom. The first-order valence-corrected chi connectivity index (χ1v) is 10.9. The van der Waals surface area contributed by atoms with E-state index in [1.165, 1.54) is 0 Å². The highest BCUT2D eigenvalue weighted by atomic mass is 79.9. The molecule has 0 radical (unpaired) electrons. The molecule has 5 heteroatoms. The zero-order valence-corrected chi connectivity index (χ0v) is 19.3. The van der Waals surface area contributed by atoms with Crippen LogP contribution in [0.15, 0.2) is 59.1 Å². The number of hydrogen-bond acceptors (Lipinski definition) is 2. The first-order chi connectivity index (χ1) is 13.7. The van der Waals surface area contributed by atoms with Crippen LogP contribution < -0.4 is 5.32 Å². The lowest BCUT2D eigenvalue weighted by Gasteiger charge is -2.34. The number of carbonyl (C=O) groups is 2. The largest absolute Gasteiger partial charge is 0.350 e. The summed E-state index contributed by atoms with van der Waals surface area (Å²) in [6.07, 6.45) is 1.65. The van der Waals surface area contributed by atoms with Gasteiger partial charge < -0.3 is 10.2 Å². The second kappa shape index (κ2) is 10.6.